The Bertz CT molecular complexity index is 1220. The molecule has 4 heterocycles. The number of piperidine rings is 1. The standard InChI is InChI=1S/C27H35N5O4S/c1-37(14-15-37)13-12-35-20-32-11-9-23-25(28-18-29-26(23)32)24(30-19-33)22-8-5-10-31(16-22)27(34)36-17-21-6-3-2-4-7-21/h2-4,6-7,9,11,18-19,22,24H,5,8,10,12-17,20H2,1H3,(H,30,33). The smallest absolute Gasteiger partial charge is 0.410 e. The van der Waals surface area contributed by atoms with Crippen LogP contribution in [0.4, 0.5) is 4.79 Å². The summed E-state index contributed by atoms with van der Waals surface area (Å²) in [6.07, 6.45) is 7.95. The lowest BCUT2D eigenvalue weighted by Crippen LogP contribution is -2.44. The van der Waals surface area contributed by atoms with Gasteiger partial charge < -0.3 is 24.3 Å². The molecule has 0 saturated carbocycles. The van der Waals surface area contributed by atoms with E-state index in [1.165, 1.54) is 17.8 Å². The fourth-order valence-corrected chi connectivity index (χ4v) is 6.98. The van der Waals surface area contributed by atoms with Crippen LogP contribution in [0.3, 0.4) is 0 Å². The van der Waals surface area contributed by atoms with Crippen molar-refractivity contribution in [3.8, 4) is 0 Å². The van der Waals surface area contributed by atoms with Crippen LogP contribution in [-0.4, -0.2) is 75.1 Å². The van der Waals surface area contributed by atoms with Crippen LogP contribution in [0.1, 0.15) is 30.1 Å². The Hall–Kier alpha value is -3.11. The lowest BCUT2D eigenvalue weighted by Gasteiger charge is -2.36. The first-order valence-electron chi connectivity index (χ1n) is 12.8. The van der Waals surface area contributed by atoms with Gasteiger partial charge in [-0.3, -0.25) is 4.79 Å². The van der Waals surface area contributed by atoms with Crippen LogP contribution in [0.5, 0.6) is 0 Å². The van der Waals surface area contributed by atoms with Crippen molar-refractivity contribution in [1.82, 2.24) is 24.8 Å². The second-order valence-corrected chi connectivity index (χ2v) is 14.2. The lowest BCUT2D eigenvalue weighted by molar-refractivity contribution is -0.110. The molecule has 2 aromatic heterocycles. The molecule has 5 rings (SSSR count). The van der Waals surface area contributed by atoms with Crippen LogP contribution in [0.2, 0.25) is 0 Å². The molecule has 9 nitrogen and oxygen atoms in total. The fraction of sp³-hybridized carbons (Fsp3) is 0.481. The maximum atomic E-state index is 12.8. The van der Waals surface area contributed by atoms with E-state index in [1.54, 1.807) is 4.90 Å². The topological polar surface area (TPSA) is 98.6 Å². The average Bonchev–Trinajstić information content (AvgIpc) is 3.52. The molecule has 1 aromatic carbocycles. The summed E-state index contributed by atoms with van der Waals surface area (Å²) in [7, 11) is -0.361. The highest BCUT2D eigenvalue weighted by Gasteiger charge is 2.33. The van der Waals surface area contributed by atoms with Crippen molar-refractivity contribution >= 4 is 33.6 Å². The molecule has 2 aliphatic heterocycles. The molecule has 2 fully saturated rings. The summed E-state index contributed by atoms with van der Waals surface area (Å²) in [6, 6.07) is 11.3. The predicted octanol–water partition coefficient (Wildman–Crippen LogP) is 3.69. The van der Waals surface area contributed by atoms with Gasteiger partial charge in [0.2, 0.25) is 6.41 Å². The molecule has 2 amide bonds. The van der Waals surface area contributed by atoms with E-state index in [0.717, 1.165) is 47.5 Å². The summed E-state index contributed by atoms with van der Waals surface area (Å²) in [4.78, 5) is 35.3. The van der Waals surface area contributed by atoms with Gasteiger partial charge in [-0.25, -0.2) is 24.8 Å². The third-order valence-electron chi connectivity index (χ3n) is 7.37. The van der Waals surface area contributed by atoms with Crippen molar-refractivity contribution in [3.63, 3.8) is 0 Å². The molecule has 0 spiro atoms. The van der Waals surface area contributed by atoms with Gasteiger partial charge in [0.1, 0.15) is 25.3 Å². The maximum Gasteiger partial charge on any atom is 0.410 e. The van der Waals surface area contributed by atoms with Gasteiger partial charge in [0.25, 0.3) is 0 Å². The molecule has 2 aliphatic rings. The van der Waals surface area contributed by atoms with Crippen molar-refractivity contribution in [2.75, 3.05) is 43.2 Å². The van der Waals surface area contributed by atoms with Crippen molar-refractivity contribution in [3.05, 3.63) is 60.2 Å². The number of likely N-dealkylation sites (tertiary alicyclic amines) is 1. The van der Waals surface area contributed by atoms with Crippen molar-refractivity contribution < 1.29 is 19.1 Å². The average molecular weight is 526 g/mol. The Morgan fingerprint density at radius 2 is 2.08 bits per heavy atom. The van der Waals surface area contributed by atoms with E-state index in [2.05, 4.69) is 21.5 Å². The van der Waals surface area contributed by atoms with E-state index in [1.807, 2.05) is 47.2 Å². The van der Waals surface area contributed by atoms with E-state index >= 15 is 0 Å². The zero-order valence-corrected chi connectivity index (χ0v) is 22.1. The van der Waals surface area contributed by atoms with E-state index < -0.39 is 0 Å². The number of hydrogen-bond acceptors (Lipinski definition) is 6. The number of aromatic nitrogens is 3. The summed E-state index contributed by atoms with van der Waals surface area (Å²) in [5.74, 6) is 3.90. The number of fused-ring (bicyclic) bond motifs is 1. The minimum atomic E-state index is -0.361. The minimum absolute atomic E-state index is 0.00295. The predicted molar refractivity (Wildman–Crippen MR) is 144 cm³/mol. The molecule has 10 heteroatoms. The SMILES string of the molecule is CS1(CCOCn2ccc3c(C(NC=O)C4CCCN(C(=O)OCc5ccccc5)C4)ncnc32)CC1. The number of nitrogens with zero attached hydrogens (tertiary/aromatic N) is 4. The van der Waals surface area contributed by atoms with Gasteiger partial charge in [-0.1, -0.05) is 30.3 Å². The summed E-state index contributed by atoms with van der Waals surface area (Å²) < 4.78 is 13.5. The summed E-state index contributed by atoms with van der Waals surface area (Å²) >= 11 is 0. The zero-order valence-electron chi connectivity index (χ0n) is 21.3. The van der Waals surface area contributed by atoms with Crippen molar-refractivity contribution in [1.29, 1.82) is 0 Å². The monoisotopic (exact) mass is 525 g/mol. The molecule has 2 saturated heterocycles. The van der Waals surface area contributed by atoms with Gasteiger partial charge in [0.05, 0.1) is 18.3 Å². The Kier molecular flexibility index (Phi) is 7.95. The normalized spacial score (nSPS) is 20.2. The van der Waals surface area contributed by atoms with Crippen LogP contribution in [0, 0.1) is 5.92 Å². The second-order valence-electron chi connectivity index (χ2n) is 10.1. The zero-order chi connectivity index (χ0) is 25.7. The van der Waals surface area contributed by atoms with Crippen molar-refractivity contribution in [2.45, 2.75) is 32.2 Å². The Balaban J connectivity index is 1.26. The lowest BCUT2D eigenvalue weighted by atomic mass is 9.88. The number of amides is 2. The molecule has 2 atom stereocenters. The van der Waals surface area contributed by atoms with Crippen LogP contribution in [0.15, 0.2) is 48.9 Å². The molecule has 3 aromatic rings. The van der Waals surface area contributed by atoms with Crippen LogP contribution >= 0.6 is 10.0 Å². The van der Waals surface area contributed by atoms with Crippen LogP contribution < -0.4 is 5.32 Å². The third kappa shape index (κ3) is 6.24. The molecule has 0 bridgehead atoms. The second kappa shape index (κ2) is 11.5. The fourth-order valence-electron chi connectivity index (χ4n) is 4.91. The molecular formula is C27H35N5O4S. The highest BCUT2D eigenvalue weighted by atomic mass is 32.3. The summed E-state index contributed by atoms with van der Waals surface area (Å²) in [5.41, 5.74) is 2.49. The number of carbonyl (C=O) groups is 2. The number of ether oxygens (including phenoxy) is 2. The molecule has 0 radical (unpaired) electrons. The number of carbonyl (C=O) groups excluding carboxylic acids is 2. The van der Waals surface area contributed by atoms with Gasteiger partial charge in [-0.15, -0.1) is 0 Å². The molecule has 0 aliphatic carbocycles. The van der Waals surface area contributed by atoms with Gasteiger partial charge >= 0.3 is 6.09 Å². The maximum absolute atomic E-state index is 12.8. The summed E-state index contributed by atoms with van der Waals surface area (Å²) in [5, 5.41) is 3.86. The van der Waals surface area contributed by atoms with E-state index in [4.69, 9.17) is 9.47 Å². The van der Waals surface area contributed by atoms with Gasteiger partial charge in [-0.2, -0.15) is 0 Å². The Labute approximate surface area is 218 Å². The van der Waals surface area contributed by atoms with Gasteiger partial charge in [0, 0.05) is 36.3 Å². The van der Waals surface area contributed by atoms with E-state index in [9.17, 15) is 9.59 Å². The molecule has 198 valence electrons. The Morgan fingerprint density at radius 3 is 2.86 bits per heavy atom. The highest BCUT2D eigenvalue weighted by molar-refractivity contribution is 8.38. The quantitative estimate of drug-likeness (QED) is 0.233. The first kappa shape index (κ1) is 25.5. The molecular weight excluding hydrogens is 490 g/mol. The van der Waals surface area contributed by atoms with Gasteiger partial charge in [0.15, 0.2) is 0 Å². The molecule has 1 N–H and O–H groups in total. The first-order chi connectivity index (χ1) is 18.1. The third-order valence-corrected chi connectivity index (χ3v) is 10.3. The van der Waals surface area contributed by atoms with Gasteiger partial charge in [-0.05, 0) is 42.2 Å². The number of rotatable bonds is 11. The summed E-state index contributed by atoms with van der Waals surface area (Å²) in [6.45, 7) is 2.55. The van der Waals surface area contributed by atoms with E-state index in [0.29, 0.717) is 26.2 Å². The molecule has 37 heavy (non-hydrogen) atoms. The van der Waals surface area contributed by atoms with Crippen LogP contribution in [0.25, 0.3) is 11.0 Å². The molecule has 2 unspecified atom stereocenters. The number of nitrogens with one attached hydrogen (secondary N) is 1. The van der Waals surface area contributed by atoms with E-state index in [-0.39, 0.29) is 34.7 Å². The Morgan fingerprint density at radius 1 is 1.24 bits per heavy atom. The number of benzene rings is 1. The first-order valence-corrected chi connectivity index (χ1v) is 15.4. The number of hydrogen-bond donors (Lipinski definition) is 1. The largest absolute Gasteiger partial charge is 0.445 e. The van der Waals surface area contributed by atoms with Crippen LogP contribution in [-0.2, 0) is 27.6 Å². The van der Waals surface area contributed by atoms with Crippen molar-refractivity contribution in [2.24, 2.45) is 5.92 Å². The minimum Gasteiger partial charge on any atom is -0.445 e. The highest BCUT2D eigenvalue weighted by Crippen LogP contribution is 2.57.